The van der Waals surface area contributed by atoms with Crippen molar-refractivity contribution >= 4 is 11.8 Å². The van der Waals surface area contributed by atoms with Crippen LogP contribution < -0.4 is 0 Å². The van der Waals surface area contributed by atoms with Gasteiger partial charge in [-0.1, -0.05) is 48.5 Å². The van der Waals surface area contributed by atoms with Gasteiger partial charge in [0.05, 0.1) is 11.5 Å². The van der Waals surface area contributed by atoms with Gasteiger partial charge in [-0.25, -0.2) is 4.79 Å². The Morgan fingerprint density at radius 2 is 1.90 bits per heavy atom. The Labute approximate surface area is 177 Å². The van der Waals surface area contributed by atoms with Gasteiger partial charge in [-0.05, 0) is 50.8 Å². The maximum atomic E-state index is 13.8. The molecule has 4 bridgehead atoms. The topological polar surface area (TPSA) is 72.8 Å². The first-order valence-electron chi connectivity index (χ1n) is 10.4. The standard InChI is InChI=1S/C25H28O5/c1-15-6-5-7-19(26)10-18-8-9-20(29-14-18)21-22(27)25(30-23(21)28)13-17(3)16(2)12-24(25,4)11-15/h5-6,8-12,17,19,26H,7,13-14H2,1-4H3/b6-5?,15-11?,18-10?,21-20+/t17-,19+,24-,25+/m0/s1. The molecular weight excluding hydrogens is 380 g/mol. The number of carbonyl (C=O) groups excluding carboxylic acids is 2. The van der Waals surface area contributed by atoms with Crippen LogP contribution in [0.15, 0.2) is 70.6 Å². The molecule has 0 aromatic rings. The molecule has 0 aromatic heterocycles. The lowest BCUT2D eigenvalue weighted by atomic mass is 9.61. The van der Waals surface area contributed by atoms with E-state index in [2.05, 4.69) is 13.0 Å². The van der Waals surface area contributed by atoms with E-state index in [4.69, 9.17) is 9.47 Å². The normalized spacial score (nSPS) is 38.6. The van der Waals surface area contributed by atoms with E-state index in [-0.39, 0.29) is 29.6 Å². The maximum absolute atomic E-state index is 13.8. The summed E-state index contributed by atoms with van der Waals surface area (Å²) < 4.78 is 11.7. The molecular formula is C25H28O5. The van der Waals surface area contributed by atoms with Gasteiger partial charge in [0.2, 0.25) is 5.78 Å². The summed E-state index contributed by atoms with van der Waals surface area (Å²) in [5.41, 5.74) is 0.782. The number of fused-ring (bicyclic) bond motifs is 5. The summed E-state index contributed by atoms with van der Waals surface area (Å²) in [5.74, 6) is -0.603. The van der Waals surface area contributed by atoms with Crippen LogP contribution in [0.25, 0.3) is 0 Å². The smallest absolute Gasteiger partial charge is 0.346 e. The highest BCUT2D eigenvalue weighted by Crippen LogP contribution is 2.53. The Morgan fingerprint density at radius 3 is 2.60 bits per heavy atom. The lowest BCUT2D eigenvalue weighted by molar-refractivity contribution is -0.162. The summed E-state index contributed by atoms with van der Waals surface area (Å²) in [4.78, 5) is 26.7. The summed E-state index contributed by atoms with van der Waals surface area (Å²) in [6.07, 6.45) is 13.3. The monoisotopic (exact) mass is 408 g/mol. The lowest BCUT2D eigenvalue weighted by Gasteiger charge is -2.45. The molecule has 0 unspecified atom stereocenters. The van der Waals surface area contributed by atoms with Crippen molar-refractivity contribution in [3.8, 4) is 0 Å². The van der Waals surface area contributed by atoms with Crippen LogP contribution in [0.2, 0.25) is 0 Å². The molecule has 0 aromatic carbocycles. The number of hydrogen-bond acceptors (Lipinski definition) is 5. The van der Waals surface area contributed by atoms with Crippen molar-refractivity contribution in [2.24, 2.45) is 11.3 Å². The zero-order valence-electron chi connectivity index (χ0n) is 17.9. The predicted molar refractivity (Wildman–Crippen MR) is 113 cm³/mol. The fraction of sp³-hybridized carbons (Fsp3) is 0.440. The van der Waals surface area contributed by atoms with Gasteiger partial charge in [-0.15, -0.1) is 0 Å². The van der Waals surface area contributed by atoms with E-state index < -0.39 is 23.1 Å². The van der Waals surface area contributed by atoms with Crippen molar-refractivity contribution < 1.29 is 24.2 Å². The highest BCUT2D eigenvalue weighted by Gasteiger charge is 2.64. The number of ether oxygens (including phenoxy) is 2. The SMILES string of the molecule is CC1=C[C@@]2(C)C=C(C)[C@@H](C)C[C@]23OC(=O)/C(=C2\C=CC(=C[C@H](O)CC=C1)CO2)C3=O. The second-order valence-corrected chi connectivity index (χ2v) is 9.02. The van der Waals surface area contributed by atoms with E-state index in [1.807, 2.05) is 39.0 Å². The predicted octanol–water partition coefficient (Wildman–Crippen LogP) is 3.88. The minimum Gasteiger partial charge on any atom is -0.488 e. The van der Waals surface area contributed by atoms with E-state index in [0.717, 1.165) is 16.7 Å². The third kappa shape index (κ3) is 3.21. The minimum atomic E-state index is -1.30. The summed E-state index contributed by atoms with van der Waals surface area (Å²) in [6, 6.07) is 0. The number of allylic oxidation sites excluding steroid dienone is 4. The minimum absolute atomic E-state index is 0.0197. The van der Waals surface area contributed by atoms with Crippen LogP contribution in [0.4, 0.5) is 0 Å². The summed E-state index contributed by atoms with van der Waals surface area (Å²) in [5, 5.41) is 10.3. The van der Waals surface area contributed by atoms with Gasteiger partial charge in [0.25, 0.3) is 0 Å². The molecule has 5 rings (SSSR count). The summed E-state index contributed by atoms with van der Waals surface area (Å²) in [6.45, 7) is 8.19. The average Bonchev–Trinajstić information content (AvgIpc) is 2.91. The van der Waals surface area contributed by atoms with Crippen molar-refractivity contribution in [2.45, 2.75) is 52.2 Å². The Bertz CT molecular complexity index is 989. The summed E-state index contributed by atoms with van der Waals surface area (Å²) >= 11 is 0. The Morgan fingerprint density at radius 1 is 1.13 bits per heavy atom. The number of hydrogen-bond donors (Lipinski definition) is 1. The molecule has 3 aliphatic heterocycles. The molecule has 2 aliphatic carbocycles. The van der Waals surface area contributed by atoms with Crippen molar-refractivity contribution in [3.63, 3.8) is 0 Å². The van der Waals surface area contributed by atoms with Crippen LogP contribution >= 0.6 is 0 Å². The molecule has 1 saturated heterocycles. The first-order valence-corrected chi connectivity index (χ1v) is 10.4. The lowest BCUT2D eigenvalue weighted by Crippen LogP contribution is -2.53. The van der Waals surface area contributed by atoms with Gasteiger partial charge in [0.15, 0.2) is 5.60 Å². The van der Waals surface area contributed by atoms with Crippen LogP contribution in [-0.4, -0.2) is 35.2 Å². The molecule has 158 valence electrons. The third-order valence-corrected chi connectivity index (χ3v) is 6.62. The average molecular weight is 408 g/mol. The van der Waals surface area contributed by atoms with E-state index >= 15 is 0 Å². The van der Waals surface area contributed by atoms with Crippen LogP contribution in [0.1, 0.15) is 40.5 Å². The number of carbonyl (C=O) groups is 2. The Kier molecular flexibility index (Phi) is 4.97. The largest absolute Gasteiger partial charge is 0.488 e. The molecule has 0 amide bonds. The van der Waals surface area contributed by atoms with Gasteiger partial charge in [-0.2, -0.15) is 0 Å². The fourth-order valence-corrected chi connectivity index (χ4v) is 4.88. The van der Waals surface area contributed by atoms with Gasteiger partial charge in [-0.3, -0.25) is 4.79 Å². The Hall–Kier alpha value is -2.66. The van der Waals surface area contributed by atoms with E-state index in [9.17, 15) is 14.7 Å². The highest BCUT2D eigenvalue weighted by atomic mass is 16.6. The van der Waals surface area contributed by atoms with Crippen molar-refractivity contribution in [2.75, 3.05) is 6.61 Å². The first kappa shape index (κ1) is 20.6. The van der Waals surface area contributed by atoms with Crippen LogP contribution in [-0.2, 0) is 19.1 Å². The van der Waals surface area contributed by atoms with E-state index in [0.29, 0.717) is 12.8 Å². The van der Waals surface area contributed by atoms with Gasteiger partial charge < -0.3 is 14.6 Å². The zero-order chi connectivity index (χ0) is 21.7. The van der Waals surface area contributed by atoms with E-state index in [1.54, 1.807) is 18.2 Å². The summed E-state index contributed by atoms with van der Waals surface area (Å²) in [7, 11) is 0. The quantitative estimate of drug-likeness (QED) is 0.374. The number of aliphatic hydroxyl groups is 1. The van der Waals surface area contributed by atoms with Crippen LogP contribution in [0, 0.1) is 11.3 Å². The first-order chi connectivity index (χ1) is 14.1. The second-order valence-electron chi connectivity index (χ2n) is 9.02. The molecule has 1 fully saturated rings. The molecule has 5 heteroatoms. The van der Waals surface area contributed by atoms with E-state index in [1.165, 1.54) is 0 Å². The number of Topliss-reactive ketones (excluding diaryl/α,β-unsaturated/α-hetero) is 1. The molecule has 5 nitrogen and oxygen atoms in total. The van der Waals surface area contributed by atoms with Crippen molar-refractivity contribution in [1.82, 2.24) is 0 Å². The second kappa shape index (κ2) is 7.24. The molecule has 1 spiro atoms. The maximum Gasteiger partial charge on any atom is 0.346 e. The molecule has 0 saturated carbocycles. The molecule has 1 N–H and O–H groups in total. The fourth-order valence-electron chi connectivity index (χ4n) is 4.88. The molecule has 0 radical (unpaired) electrons. The van der Waals surface area contributed by atoms with Crippen molar-refractivity contribution in [1.29, 1.82) is 0 Å². The van der Waals surface area contributed by atoms with Crippen LogP contribution in [0.3, 0.4) is 0 Å². The van der Waals surface area contributed by atoms with Gasteiger partial charge in [0.1, 0.15) is 17.9 Å². The third-order valence-electron chi connectivity index (χ3n) is 6.62. The molecule has 4 atom stereocenters. The molecule has 5 aliphatic rings. The zero-order valence-corrected chi connectivity index (χ0v) is 17.9. The molecule has 3 heterocycles. The number of ketones is 1. The Balaban J connectivity index is 1.95. The number of rotatable bonds is 0. The number of esters is 1. The van der Waals surface area contributed by atoms with Crippen molar-refractivity contribution in [3.05, 3.63) is 70.6 Å². The van der Waals surface area contributed by atoms with Gasteiger partial charge in [0, 0.05) is 6.42 Å². The highest BCUT2D eigenvalue weighted by molar-refractivity contribution is 6.26. The van der Waals surface area contributed by atoms with Gasteiger partial charge >= 0.3 is 5.97 Å². The number of aliphatic hydroxyl groups excluding tert-OH is 1. The van der Waals surface area contributed by atoms with Crippen LogP contribution in [0.5, 0.6) is 0 Å². The molecule has 30 heavy (non-hydrogen) atoms.